The van der Waals surface area contributed by atoms with Crippen molar-refractivity contribution in [2.24, 2.45) is 0 Å². The van der Waals surface area contributed by atoms with Gasteiger partial charge in [-0.3, -0.25) is 4.79 Å². The van der Waals surface area contributed by atoms with Crippen molar-refractivity contribution in [3.05, 3.63) is 23.8 Å². The number of nitrogens with one attached hydrogen (secondary N) is 1. The number of carbonyl (C=O) groups is 1. The zero-order valence-corrected chi connectivity index (χ0v) is 11.2. The molecule has 0 fully saturated rings. The first-order valence-corrected chi connectivity index (χ1v) is 5.71. The Morgan fingerprint density at radius 1 is 1.44 bits per heavy atom. The van der Waals surface area contributed by atoms with Gasteiger partial charge < -0.3 is 20.9 Å². The first-order chi connectivity index (χ1) is 8.26. The van der Waals surface area contributed by atoms with Crippen LogP contribution in [0.15, 0.2) is 18.2 Å². The van der Waals surface area contributed by atoms with E-state index in [1.165, 1.54) is 7.11 Å². The number of aliphatic hydroxyl groups excluding tert-OH is 1. The second-order valence-corrected chi connectivity index (χ2v) is 4.85. The van der Waals surface area contributed by atoms with Crippen molar-refractivity contribution >= 4 is 11.6 Å². The van der Waals surface area contributed by atoms with Crippen LogP contribution < -0.4 is 15.8 Å². The van der Waals surface area contributed by atoms with E-state index in [0.717, 1.165) is 0 Å². The van der Waals surface area contributed by atoms with E-state index in [2.05, 4.69) is 5.32 Å². The predicted octanol–water partition coefficient (Wildman–Crippen LogP) is 1.17. The Kier molecular flexibility index (Phi) is 4.19. The standard InChI is InChI=1S/C13H20N2O3/c1-8(16)13(2,3)15-12(17)9-5-10(14)7-11(6-9)18-4/h5-8,16H,14H2,1-4H3,(H,15,17). The van der Waals surface area contributed by atoms with Gasteiger partial charge in [-0.15, -0.1) is 0 Å². The number of amides is 1. The molecule has 0 bridgehead atoms. The summed E-state index contributed by atoms with van der Waals surface area (Å²) in [4.78, 5) is 12.1. The average Bonchev–Trinajstić information content (AvgIpc) is 2.27. The van der Waals surface area contributed by atoms with Gasteiger partial charge in [-0.05, 0) is 32.9 Å². The normalized spacial score (nSPS) is 12.9. The molecule has 0 radical (unpaired) electrons. The lowest BCUT2D eigenvalue weighted by Gasteiger charge is -2.29. The molecule has 100 valence electrons. The summed E-state index contributed by atoms with van der Waals surface area (Å²) in [5, 5.41) is 12.3. The van der Waals surface area contributed by atoms with E-state index in [1.54, 1.807) is 39.0 Å². The minimum Gasteiger partial charge on any atom is -0.497 e. The van der Waals surface area contributed by atoms with Crippen LogP contribution >= 0.6 is 0 Å². The van der Waals surface area contributed by atoms with Crippen LogP contribution in [-0.4, -0.2) is 29.8 Å². The van der Waals surface area contributed by atoms with Crippen LogP contribution in [0.4, 0.5) is 5.69 Å². The van der Waals surface area contributed by atoms with Gasteiger partial charge in [-0.1, -0.05) is 0 Å². The van der Waals surface area contributed by atoms with Crippen molar-refractivity contribution in [1.82, 2.24) is 5.32 Å². The highest BCUT2D eigenvalue weighted by atomic mass is 16.5. The topological polar surface area (TPSA) is 84.6 Å². The van der Waals surface area contributed by atoms with Gasteiger partial charge in [0.1, 0.15) is 5.75 Å². The van der Waals surface area contributed by atoms with Gasteiger partial charge in [-0.2, -0.15) is 0 Å². The largest absolute Gasteiger partial charge is 0.497 e. The van der Waals surface area contributed by atoms with Gasteiger partial charge in [-0.25, -0.2) is 0 Å². The number of hydrogen-bond donors (Lipinski definition) is 3. The lowest BCUT2D eigenvalue weighted by molar-refractivity contribution is 0.0709. The van der Waals surface area contributed by atoms with E-state index < -0.39 is 11.6 Å². The number of nitrogen functional groups attached to an aromatic ring is 1. The highest BCUT2D eigenvalue weighted by Gasteiger charge is 2.26. The number of anilines is 1. The second-order valence-electron chi connectivity index (χ2n) is 4.85. The summed E-state index contributed by atoms with van der Waals surface area (Å²) in [6, 6.07) is 4.80. The summed E-state index contributed by atoms with van der Waals surface area (Å²) < 4.78 is 5.05. The lowest BCUT2D eigenvalue weighted by Crippen LogP contribution is -2.50. The molecule has 0 aliphatic heterocycles. The maximum absolute atomic E-state index is 12.1. The molecule has 0 saturated carbocycles. The Bertz CT molecular complexity index is 442. The number of methoxy groups -OCH3 is 1. The Morgan fingerprint density at radius 2 is 2.06 bits per heavy atom. The number of hydrogen-bond acceptors (Lipinski definition) is 4. The third-order valence-electron chi connectivity index (χ3n) is 2.91. The molecule has 1 aromatic carbocycles. The van der Waals surface area contributed by atoms with Gasteiger partial charge in [0.2, 0.25) is 0 Å². The Morgan fingerprint density at radius 3 is 2.56 bits per heavy atom. The van der Waals surface area contributed by atoms with Crippen LogP contribution in [0.2, 0.25) is 0 Å². The number of nitrogens with two attached hydrogens (primary N) is 1. The number of carbonyl (C=O) groups excluding carboxylic acids is 1. The molecule has 1 unspecified atom stereocenters. The van der Waals surface area contributed by atoms with E-state index in [9.17, 15) is 9.90 Å². The summed E-state index contributed by atoms with van der Waals surface area (Å²) in [5.74, 6) is 0.224. The van der Waals surface area contributed by atoms with Crippen LogP contribution in [0.5, 0.6) is 5.75 Å². The summed E-state index contributed by atoms with van der Waals surface area (Å²) >= 11 is 0. The quantitative estimate of drug-likeness (QED) is 0.702. The molecule has 0 spiro atoms. The fourth-order valence-electron chi connectivity index (χ4n) is 1.34. The first-order valence-electron chi connectivity index (χ1n) is 5.71. The van der Waals surface area contributed by atoms with Gasteiger partial charge >= 0.3 is 0 Å². The molecule has 4 N–H and O–H groups in total. The van der Waals surface area contributed by atoms with Crippen LogP contribution in [0.1, 0.15) is 31.1 Å². The molecular formula is C13H20N2O3. The summed E-state index contributed by atoms with van der Waals surface area (Å²) in [6.07, 6.45) is -0.663. The van der Waals surface area contributed by atoms with E-state index in [-0.39, 0.29) is 5.91 Å². The van der Waals surface area contributed by atoms with Gasteiger partial charge in [0.15, 0.2) is 0 Å². The van der Waals surface area contributed by atoms with Crippen molar-refractivity contribution < 1.29 is 14.6 Å². The number of aliphatic hydroxyl groups is 1. The van der Waals surface area contributed by atoms with Crippen LogP contribution in [-0.2, 0) is 0 Å². The summed E-state index contributed by atoms with van der Waals surface area (Å²) in [7, 11) is 1.51. The molecule has 1 atom stereocenters. The molecule has 1 amide bonds. The van der Waals surface area contributed by atoms with Crippen molar-refractivity contribution in [3.63, 3.8) is 0 Å². The zero-order chi connectivity index (χ0) is 13.9. The minimum atomic E-state index is -0.713. The van der Waals surface area contributed by atoms with E-state index in [4.69, 9.17) is 10.5 Å². The van der Waals surface area contributed by atoms with Gasteiger partial charge in [0.05, 0.1) is 18.8 Å². The highest BCUT2D eigenvalue weighted by Crippen LogP contribution is 2.19. The molecule has 1 aromatic rings. The predicted molar refractivity (Wildman–Crippen MR) is 70.6 cm³/mol. The summed E-state index contributed by atoms with van der Waals surface area (Å²) in [5.41, 5.74) is 5.83. The zero-order valence-electron chi connectivity index (χ0n) is 11.2. The van der Waals surface area contributed by atoms with Gasteiger partial charge in [0, 0.05) is 17.3 Å². The molecule has 0 saturated heterocycles. The maximum atomic E-state index is 12.1. The smallest absolute Gasteiger partial charge is 0.251 e. The highest BCUT2D eigenvalue weighted by molar-refractivity contribution is 5.96. The third kappa shape index (κ3) is 3.37. The molecule has 0 aliphatic rings. The number of rotatable bonds is 4. The fraction of sp³-hybridized carbons (Fsp3) is 0.462. The van der Waals surface area contributed by atoms with E-state index >= 15 is 0 Å². The van der Waals surface area contributed by atoms with Crippen LogP contribution in [0, 0.1) is 0 Å². The molecule has 5 nitrogen and oxygen atoms in total. The monoisotopic (exact) mass is 252 g/mol. The minimum absolute atomic E-state index is 0.300. The second kappa shape index (κ2) is 5.27. The molecule has 1 rings (SSSR count). The van der Waals surface area contributed by atoms with Gasteiger partial charge in [0.25, 0.3) is 5.91 Å². The Labute approximate surface area is 107 Å². The SMILES string of the molecule is COc1cc(N)cc(C(=O)NC(C)(C)C(C)O)c1. The molecule has 0 aromatic heterocycles. The third-order valence-corrected chi connectivity index (χ3v) is 2.91. The van der Waals surface area contributed by atoms with E-state index in [1.807, 2.05) is 0 Å². The van der Waals surface area contributed by atoms with Crippen molar-refractivity contribution in [3.8, 4) is 5.75 Å². The van der Waals surface area contributed by atoms with Crippen LogP contribution in [0.25, 0.3) is 0 Å². The molecule has 0 aliphatic carbocycles. The van der Waals surface area contributed by atoms with Crippen molar-refractivity contribution in [2.45, 2.75) is 32.4 Å². The molecule has 5 heteroatoms. The molecule has 18 heavy (non-hydrogen) atoms. The molecular weight excluding hydrogens is 232 g/mol. The van der Waals surface area contributed by atoms with Crippen molar-refractivity contribution in [2.75, 3.05) is 12.8 Å². The molecule has 0 heterocycles. The average molecular weight is 252 g/mol. The Balaban J connectivity index is 2.94. The van der Waals surface area contributed by atoms with Crippen LogP contribution in [0.3, 0.4) is 0 Å². The number of ether oxygens (including phenoxy) is 1. The first kappa shape index (κ1) is 14.3. The summed E-state index contributed by atoms with van der Waals surface area (Å²) in [6.45, 7) is 5.12. The Hall–Kier alpha value is -1.75. The number of benzene rings is 1. The maximum Gasteiger partial charge on any atom is 0.251 e. The van der Waals surface area contributed by atoms with Crippen molar-refractivity contribution in [1.29, 1.82) is 0 Å². The fourth-order valence-corrected chi connectivity index (χ4v) is 1.34. The van der Waals surface area contributed by atoms with E-state index in [0.29, 0.717) is 17.0 Å². The lowest BCUT2D eigenvalue weighted by atomic mass is 9.98.